The van der Waals surface area contributed by atoms with Crippen LogP contribution in [0.5, 0.6) is 0 Å². The van der Waals surface area contributed by atoms with Gasteiger partial charge in [-0.3, -0.25) is 9.88 Å². The number of hydrogen-bond acceptors (Lipinski definition) is 2. The molecule has 0 radical (unpaired) electrons. The van der Waals surface area contributed by atoms with Crippen LogP contribution in [0.25, 0.3) is 10.9 Å². The van der Waals surface area contributed by atoms with Crippen LogP contribution in [-0.2, 0) is 6.54 Å². The van der Waals surface area contributed by atoms with Gasteiger partial charge < -0.3 is 0 Å². The Morgan fingerprint density at radius 2 is 2.05 bits per heavy atom. The van der Waals surface area contributed by atoms with Crippen LogP contribution >= 0.6 is 0 Å². The van der Waals surface area contributed by atoms with E-state index in [0.717, 1.165) is 29.8 Å². The Morgan fingerprint density at radius 1 is 1.24 bits per heavy atom. The second-order valence-corrected chi connectivity index (χ2v) is 7.08. The summed E-state index contributed by atoms with van der Waals surface area (Å²) in [4.78, 5) is 7.21. The molecule has 1 aromatic heterocycles. The fourth-order valence-electron chi connectivity index (χ4n) is 3.59. The first-order valence-electron chi connectivity index (χ1n) is 8.18. The first-order chi connectivity index (χ1) is 10.1. The highest BCUT2D eigenvalue weighted by Crippen LogP contribution is 2.28. The predicted octanol–water partition coefficient (Wildman–Crippen LogP) is 4.35. The van der Waals surface area contributed by atoms with Crippen LogP contribution in [0.2, 0.25) is 0 Å². The van der Waals surface area contributed by atoms with Gasteiger partial charge in [-0.1, -0.05) is 39.0 Å². The standard InChI is InChI=1S/C19H26N2/c1-14(2)18-8-15(3)11-21(13-18)12-16-9-17-6-4-5-7-19(17)20-10-16/h4-7,9-10,14-15,18H,8,11-13H2,1-3H3. The molecule has 1 saturated heterocycles. The Balaban J connectivity index is 1.74. The SMILES string of the molecule is CC1CC(C(C)C)CN(Cc2cnc3ccccc3c2)C1. The molecule has 0 amide bonds. The van der Waals surface area contributed by atoms with Crippen LogP contribution in [0.3, 0.4) is 0 Å². The van der Waals surface area contributed by atoms with E-state index in [-0.39, 0.29) is 0 Å². The second-order valence-electron chi connectivity index (χ2n) is 7.08. The summed E-state index contributed by atoms with van der Waals surface area (Å²) < 4.78 is 0. The van der Waals surface area contributed by atoms with E-state index >= 15 is 0 Å². The summed E-state index contributed by atoms with van der Waals surface area (Å²) >= 11 is 0. The van der Waals surface area contributed by atoms with Gasteiger partial charge in [0.15, 0.2) is 0 Å². The summed E-state index contributed by atoms with van der Waals surface area (Å²) in [6, 6.07) is 10.7. The van der Waals surface area contributed by atoms with Crippen LogP contribution in [0, 0.1) is 17.8 Å². The molecule has 21 heavy (non-hydrogen) atoms. The van der Waals surface area contributed by atoms with Crippen molar-refractivity contribution in [2.24, 2.45) is 17.8 Å². The molecule has 2 heterocycles. The molecule has 112 valence electrons. The molecule has 2 aromatic rings. The van der Waals surface area contributed by atoms with Gasteiger partial charge in [0.05, 0.1) is 5.52 Å². The highest BCUT2D eigenvalue weighted by Gasteiger charge is 2.26. The van der Waals surface area contributed by atoms with Gasteiger partial charge >= 0.3 is 0 Å². The van der Waals surface area contributed by atoms with E-state index in [1.165, 1.54) is 30.5 Å². The predicted molar refractivity (Wildman–Crippen MR) is 89.1 cm³/mol. The lowest BCUT2D eigenvalue weighted by atomic mass is 9.83. The Kier molecular flexibility index (Phi) is 4.25. The van der Waals surface area contributed by atoms with Crippen LogP contribution in [0.4, 0.5) is 0 Å². The van der Waals surface area contributed by atoms with Crippen molar-refractivity contribution in [3.05, 3.63) is 42.1 Å². The van der Waals surface area contributed by atoms with Gasteiger partial charge in [0.1, 0.15) is 0 Å². The molecule has 0 bridgehead atoms. The monoisotopic (exact) mass is 282 g/mol. The van der Waals surface area contributed by atoms with Crippen molar-refractivity contribution in [1.82, 2.24) is 9.88 Å². The zero-order valence-corrected chi connectivity index (χ0v) is 13.4. The van der Waals surface area contributed by atoms with Crippen molar-refractivity contribution < 1.29 is 0 Å². The number of nitrogens with zero attached hydrogens (tertiary/aromatic N) is 2. The molecule has 1 aliphatic rings. The third kappa shape index (κ3) is 3.44. The number of rotatable bonds is 3. The summed E-state index contributed by atoms with van der Waals surface area (Å²) in [5.41, 5.74) is 2.43. The second kappa shape index (κ2) is 6.15. The summed E-state index contributed by atoms with van der Waals surface area (Å²) in [7, 11) is 0. The number of fused-ring (bicyclic) bond motifs is 1. The van der Waals surface area contributed by atoms with Gasteiger partial charge in [0.2, 0.25) is 0 Å². The molecule has 3 rings (SSSR count). The number of aromatic nitrogens is 1. The molecule has 0 aliphatic carbocycles. The van der Waals surface area contributed by atoms with Crippen molar-refractivity contribution >= 4 is 10.9 Å². The third-order valence-electron chi connectivity index (χ3n) is 4.76. The number of hydrogen-bond donors (Lipinski definition) is 0. The van der Waals surface area contributed by atoms with Crippen molar-refractivity contribution in [3.63, 3.8) is 0 Å². The van der Waals surface area contributed by atoms with Gasteiger partial charge in [-0.25, -0.2) is 0 Å². The Morgan fingerprint density at radius 3 is 2.86 bits per heavy atom. The first-order valence-corrected chi connectivity index (χ1v) is 8.18. The quantitative estimate of drug-likeness (QED) is 0.832. The zero-order valence-electron chi connectivity index (χ0n) is 13.4. The minimum atomic E-state index is 0.782. The topological polar surface area (TPSA) is 16.1 Å². The highest BCUT2D eigenvalue weighted by molar-refractivity contribution is 5.78. The van der Waals surface area contributed by atoms with Crippen LogP contribution in [0.15, 0.2) is 36.5 Å². The number of piperidine rings is 1. The lowest BCUT2D eigenvalue weighted by Crippen LogP contribution is -2.40. The molecule has 0 spiro atoms. The summed E-state index contributed by atoms with van der Waals surface area (Å²) in [5, 5.41) is 1.25. The van der Waals surface area contributed by atoms with E-state index in [1.807, 2.05) is 6.20 Å². The lowest BCUT2D eigenvalue weighted by molar-refractivity contribution is 0.101. The van der Waals surface area contributed by atoms with Gasteiger partial charge in [0.25, 0.3) is 0 Å². The molecule has 1 fully saturated rings. The van der Waals surface area contributed by atoms with E-state index in [2.05, 4.69) is 61.0 Å². The summed E-state index contributed by atoms with van der Waals surface area (Å²) in [5.74, 6) is 2.42. The van der Waals surface area contributed by atoms with E-state index < -0.39 is 0 Å². The molecule has 2 atom stereocenters. The highest BCUT2D eigenvalue weighted by atomic mass is 15.1. The average molecular weight is 282 g/mol. The number of para-hydroxylation sites is 1. The first kappa shape index (κ1) is 14.5. The number of likely N-dealkylation sites (tertiary alicyclic amines) is 1. The number of benzene rings is 1. The molecule has 0 N–H and O–H groups in total. The van der Waals surface area contributed by atoms with Gasteiger partial charge in [0, 0.05) is 31.2 Å². The fourth-order valence-corrected chi connectivity index (χ4v) is 3.59. The maximum atomic E-state index is 4.59. The van der Waals surface area contributed by atoms with Gasteiger partial charge in [-0.2, -0.15) is 0 Å². The minimum Gasteiger partial charge on any atom is -0.298 e. The van der Waals surface area contributed by atoms with E-state index in [1.54, 1.807) is 0 Å². The molecule has 1 aliphatic heterocycles. The van der Waals surface area contributed by atoms with E-state index in [0.29, 0.717) is 0 Å². The Hall–Kier alpha value is -1.41. The molecule has 0 saturated carbocycles. The van der Waals surface area contributed by atoms with Crippen molar-refractivity contribution in [1.29, 1.82) is 0 Å². The lowest BCUT2D eigenvalue weighted by Gasteiger charge is -2.38. The zero-order chi connectivity index (χ0) is 14.8. The van der Waals surface area contributed by atoms with Crippen LogP contribution < -0.4 is 0 Å². The van der Waals surface area contributed by atoms with Crippen LogP contribution in [-0.4, -0.2) is 23.0 Å². The summed E-state index contributed by atoms with van der Waals surface area (Å²) in [6.07, 6.45) is 3.43. The van der Waals surface area contributed by atoms with E-state index in [9.17, 15) is 0 Å². The normalized spacial score (nSPS) is 23.8. The van der Waals surface area contributed by atoms with Crippen LogP contribution in [0.1, 0.15) is 32.8 Å². The largest absolute Gasteiger partial charge is 0.298 e. The number of pyridine rings is 1. The molecule has 2 heteroatoms. The van der Waals surface area contributed by atoms with Crippen molar-refractivity contribution in [2.45, 2.75) is 33.7 Å². The van der Waals surface area contributed by atoms with E-state index in [4.69, 9.17) is 0 Å². The average Bonchev–Trinajstić information content (AvgIpc) is 2.46. The fraction of sp³-hybridized carbons (Fsp3) is 0.526. The van der Waals surface area contributed by atoms with Crippen molar-refractivity contribution in [3.8, 4) is 0 Å². The molecule has 2 unspecified atom stereocenters. The molecular weight excluding hydrogens is 256 g/mol. The van der Waals surface area contributed by atoms with Crippen molar-refractivity contribution in [2.75, 3.05) is 13.1 Å². The summed E-state index contributed by atoms with van der Waals surface area (Å²) in [6.45, 7) is 10.6. The van der Waals surface area contributed by atoms with Gasteiger partial charge in [-0.15, -0.1) is 0 Å². The maximum Gasteiger partial charge on any atom is 0.0702 e. The third-order valence-corrected chi connectivity index (χ3v) is 4.76. The smallest absolute Gasteiger partial charge is 0.0702 e. The minimum absolute atomic E-state index is 0.782. The maximum absolute atomic E-state index is 4.59. The molecule has 1 aromatic carbocycles. The molecule has 2 nitrogen and oxygen atoms in total. The Labute approximate surface area is 128 Å². The Bertz CT molecular complexity index is 605. The van der Waals surface area contributed by atoms with Gasteiger partial charge in [-0.05, 0) is 41.9 Å². The molecular formula is C19H26N2.